The van der Waals surface area contributed by atoms with E-state index >= 15 is 0 Å². The monoisotopic (exact) mass is 454 g/mol. The Kier molecular flexibility index (Phi) is 5.14. The minimum atomic E-state index is -3.83. The number of aliphatic imine (C=N–C) groups is 1. The Balaban J connectivity index is 1.57. The molecule has 0 bridgehead atoms. The van der Waals surface area contributed by atoms with Crippen LogP contribution in [0.15, 0.2) is 40.2 Å². The molecule has 2 aliphatic rings. The van der Waals surface area contributed by atoms with E-state index in [4.69, 9.17) is 17.3 Å². The molecule has 4 rings (SSSR count). The molecule has 8 nitrogen and oxygen atoms in total. The highest BCUT2D eigenvalue weighted by Crippen LogP contribution is 2.30. The van der Waals surface area contributed by atoms with Gasteiger partial charge in [-0.3, -0.25) is 4.99 Å². The molecule has 1 aromatic heterocycles. The van der Waals surface area contributed by atoms with Crippen molar-refractivity contribution in [3.8, 4) is 11.3 Å². The van der Waals surface area contributed by atoms with Crippen LogP contribution in [0.5, 0.6) is 0 Å². The third kappa shape index (κ3) is 4.16. The van der Waals surface area contributed by atoms with Crippen LogP contribution < -0.4 is 10.5 Å². The van der Waals surface area contributed by atoms with Gasteiger partial charge in [-0.15, -0.1) is 0 Å². The predicted molar refractivity (Wildman–Crippen MR) is 111 cm³/mol. The Bertz CT molecular complexity index is 1210. The van der Waals surface area contributed by atoms with Crippen molar-refractivity contribution < 1.29 is 16.8 Å². The van der Waals surface area contributed by atoms with Gasteiger partial charge in [0, 0.05) is 17.2 Å². The van der Waals surface area contributed by atoms with Gasteiger partial charge in [-0.05, 0) is 37.1 Å². The second-order valence-corrected chi connectivity index (χ2v) is 11.5. The van der Waals surface area contributed by atoms with E-state index in [1.165, 1.54) is 12.1 Å². The summed E-state index contributed by atoms with van der Waals surface area (Å²) in [6, 6.07) is 7.67. The number of halogens is 1. The number of rotatable bonds is 4. The van der Waals surface area contributed by atoms with Crippen LogP contribution in [0.4, 0.5) is 0 Å². The summed E-state index contributed by atoms with van der Waals surface area (Å²) >= 11 is 6.36. The number of pyridine rings is 1. The zero-order valence-electron chi connectivity index (χ0n) is 15.3. The summed E-state index contributed by atoms with van der Waals surface area (Å²) in [7, 11) is -6.89. The lowest BCUT2D eigenvalue weighted by Gasteiger charge is -2.23. The van der Waals surface area contributed by atoms with Crippen molar-refractivity contribution in [3.63, 3.8) is 0 Å². The van der Waals surface area contributed by atoms with E-state index in [0.29, 0.717) is 29.3 Å². The number of benzene rings is 1. The van der Waals surface area contributed by atoms with Crippen molar-refractivity contribution in [2.75, 3.05) is 11.5 Å². The molecule has 0 amide bonds. The summed E-state index contributed by atoms with van der Waals surface area (Å²) in [5, 5.41) is 0.236. The highest BCUT2D eigenvalue weighted by molar-refractivity contribution is 7.91. The van der Waals surface area contributed by atoms with Gasteiger partial charge >= 0.3 is 0 Å². The van der Waals surface area contributed by atoms with Crippen molar-refractivity contribution in [2.24, 2.45) is 10.7 Å². The minimum Gasteiger partial charge on any atom is -0.382 e. The van der Waals surface area contributed by atoms with Gasteiger partial charge in [0.15, 0.2) is 0 Å². The first-order valence-corrected chi connectivity index (χ1v) is 12.7. The smallest absolute Gasteiger partial charge is 0.240 e. The number of nitrogens with one attached hydrogen (secondary N) is 1. The van der Waals surface area contributed by atoms with E-state index < -0.39 is 25.9 Å². The van der Waals surface area contributed by atoms with Crippen LogP contribution in [0.2, 0.25) is 5.02 Å². The number of fused-ring (bicyclic) bond motifs is 1. The fourth-order valence-corrected chi connectivity index (χ4v) is 6.56. The number of sulfonamides is 1. The van der Waals surface area contributed by atoms with Gasteiger partial charge in [0.1, 0.15) is 21.4 Å². The lowest BCUT2D eigenvalue weighted by Crippen LogP contribution is -2.40. The molecule has 0 aliphatic carbocycles. The van der Waals surface area contributed by atoms with Gasteiger partial charge in [-0.2, -0.15) is 0 Å². The Hall–Kier alpha value is -2.01. The lowest BCUT2D eigenvalue weighted by molar-refractivity contribution is 0.505. The van der Waals surface area contributed by atoms with Crippen LogP contribution >= 0.6 is 11.6 Å². The highest BCUT2D eigenvalue weighted by atomic mass is 35.5. The molecule has 1 fully saturated rings. The largest absolute Gasteiger partial charge is 0.382 e. The van der Waals surface area contributed by atoms with Crippen LogP contribution in [0.25, 0.3) is 11.3 Å². The number of amidine groups is 1. The van der Waals surface area contributed by atoms with Crippen molar-refractivity contribution >= 4 is 37.3 Å². The summed E-state index contributed by atoms with van der Waals surface area (Å²) in [6.07, 6.45) is 0.519. The van der Waals surface area contributed by atoms with Gasteiger partial charge in [-0.25, -0.2) is 26.5 Å². The Morgan fingerprint density at radius 1 is 1.14 bits per heavy atom. The molecule has 0 spiro atoms. The van der Waals surface area contributed by atoms with Crippen molar-refractivity contribution in [1.29, 1.82) is 0 Å². The van der Waals surface area contributed by atoms with Crippen molar-refractivity contribution in [2.45, 2.75) is 30.3 Å². The minimum absolute atomic E-state index is 0.0157. The number of hydrogen-bond donors (Lipinski definition) is 2. The molecule has 2 aromatic rings. The summed E-state index contributed by atoms with van der Waals surface area (Å²) < 4.78 is 51.0. The first-order chi connectivity index (χ1) is 13.6. The summed E-state index contributed by atoms with van der Waals surface area (Å²) in [6.45, 7) is 0.494. The second kappa shape index (κ2) is 7.35. The maximum atomic E-state index is 12.7. The summed E-state index contributed by atoms with van der Waals surface area (Å²) in [5.41, 5.74) is 8.55. The van der Waals surface area contributed by atoms with E-state index in [2.05, 4.69) is 14.7 Å². The van der Waals surface area contributed by atoms with Gasteiger partial charge in [0.05, 0.1) is 33.7 Å². The third-order valence-electron chi connectivity index (χ3n) is 5.04. The van der Waals surface area contributed by atoms with Crippen LogP contribution in [-0.4, -0.2) is 45.2 Å². The predicted octanol–water partition coefficient (Wildman–Crippen LogP) is 1.48. The topological polar surface area (TPSA) is 132 Å². The molecular weight excluding hydrogens is 436 g/mol. The maximum Gasteiger partial charge on any atom is 0.240 e. The van der Waals surface area contributed by atoms with E-state index in [1.54, 1.807) is 12.1 Å². The first-order valence-electron chi connectivity index (χ1n) is 8.97. The molecule has 0 atom stereocenters. The molecule has 2 aliphatic heterocycles. The van der Waals surface area contributed by atoms with E-state index in [1.807, 2.05) is 6.07 Å². The third-order valence-corrected chi connectivity index (χ3v) is 8.59. The molecule has 0 saturated carbocycles. The van der Waals surface area contributed by atoms with Gasteiger partial charge in [-0.1, -0.05) is 17.7 Å². The van der Waals surface area contributed by atoms with Crippen LogP contribution in [0, 0.1) is 0 Å². The Morgan fingerprint density at radius 2 is 1.86 bits per heavy atom. The second-order valence-electron chi connectivity index (χ2n) is 7.09. The molecular formula is C18H19ClN4O4S2. The molecule has 0 radical (unpaired) electrons. The van der Waals surface area contributed by atoms with Gasteiger partial charge in [0.25, 0.3) is 0 Å². The van der Waals surface area contributed by atoms with E-state index in [-0.39, 0.29) is 34.3 Å². The molecule has 154 valence electrons. The van der Waals surface area contributed by atoms with Crippen LogP contribution in [-0.2, 0) is 26.4 Å². The molecule has 3 heterocycles. The zero-order chi connectivity index (χ0) is 20.8. The van der Waals surface area contributed by atoms with E-state index in [0.717, 1.165) is 5.56 Å². The molecule has 0 unspecified atom stereocenters. The van der Waals surface area contributed by atoms with Crippen molar-refractivity contribution in [1.82, 2.24) is 9.71 Å². The molecule has 1 saturated heterocycles. The summed E-state index contributed by atoms with van der Waals surface area (Å²) in [5.74, 6) is 0.336. The van der Waals surface area contributed by atoms with Crippen molar-refractivity contribution in [3.05, 3.63) is 46.6 Å². The average molecular weight is 455 g/mol. The normalized spacial score (nSPS) is 19.0. The lowest BCUT2D eigenvalue weighted by atomic mass is 10.1. The maximum absolute atomic E-state index is 12.7. The fourth-order valence-electron chi connectivity index (χ4n) is 3.40. The molecule has 11 heteroatoms. The average Bonchev–Trinajstić information content (AvgIpc) is 3.04. The first kappa shape index (κ1) is 20.3. The standard InChI is InChI=1S/C18H19ClN4O4S2/c19-15-9-13(29(26,27)23-12-5-7-28(24,25)8-6-12)2-3-14(15)16-4-1-11-10-21-18(20)17(11)22-16/h1-4,9,12,23H,5-8,10H2,(H2,20,21). The zero-order valence-corrected chi connectivity index (χ0v) is 17.7. The van der Waals surface area contributed by atoms with Crippen LogP contribution in [0.3, 0.4) is 0 Å². The van der Waals surface area contributed by atoms with Crippen LogP contribution in [0.1, 0.15) is 24.1 Å². The number of hydrogen-bond acceptors (Lipinski definition) is 7. The number of aromatic nitrogens is 1. The molecule has 29 heavy (non-hydrogen) atoms. The number of nitrogens with zero attached hydrogens (tertiary/aromatic N) is 2. The quantitative estimate of drug-likeness (QED) is 0.719. The van der Waals surface area contributed by atoms with Gasteiger partial charge < -0.3 is 5.73 Å². The summed E-state index contributed by atoms with van der Waals surface area (Å²) in [4.78, 5) is 8.66. The Labute approximate surface area is 174 Å². The molecule has 3 N–H and O–H groups in total. The van der Waals surface area contributed by atoms with Gasteiger partial charge in [0.2, 0.25) is 10.0 Å². The van der Waals surface area contributed by atoms with E-state index in [9.17, 15) is 16.8 Å². The molecule has 1 aromatic carbocycles. The number of nitrogens with two attached hydrogens (primary N) is 1. The Morgan fingerprint density at radius 3 is 2.55 bits per heavy atom. The fraction of sp³-hybridized carbons (Fsp3) is 0.333. The SMILES string of the molecule is NC1=NCc2ccc(-c3ccc(S(=O)(=O)NC4CCS(=O)(=O)CC4)cc3Cl)nc21. The number of sulfone groups is 1. The highest BCUT2D eigenvalue weighted by Gasteiger charge is 2.28.